The third-order valence-corrected chi connectivity index (χ3v) is 2.42. The summed E-state index contributed by atoms with van der Waals surface area (Å²) in [4.78, 5) is 8.31. The molecule has 0 N–H and O–H groups in total. The predicted octanol–water partition coefficient (Wildman–Crippen LogP) is 2.25. The van der Waals surface area contributed by atoms with Crippen molar-refractivity contribution in [3.63, 3.8) is 0 Å². The number of aryl methyl sites for hydroxylation is 1. The van der Waals surface area contributed by atoms with Crippen LogP contribution in [0.25, 0.3) is 10.3 Å². The van der Waals surface area contributed by atoms with Gasteiger partial charge in [0.1, 0.15) is 0 Å². The molecule has 3 heteroatoms. The lowest BCUT2D eigenvalue weighted by Crippen LogP contribution is -1.81. The van der Waals surface area contributed by atoms with Crippen molar-refractivity contribution in [2.24, 2.45) is 0 Å². The van der Waals surface area contributed by atoms with Crippen molar-refractivity contribution in [1.29, 1.82) is 0 Å². The number of thiazole rings is 1. The van der Waals surface area contributed by atoms with E-state index in [4.69, 9.17) is 0 Å². The number of nitrogens with zero attached hydrogens (tertiary/aromatic N) is 2. The smallest absolute Gasteiger partial charge is 0.170 e. The Morgan fingerprint density at radius 2 is 2.36 bits per heavy atom. The van der Waals surface area contributed by atoms with E-state index in [9.17, 15) is 0 Å². The molecule has 0 radical (unpaired) electrons. The molecule has 0 aromatic carbocycles. The van der Waals surface area contributed by atoms with Crippen LogP contribution in [-0.4, -0.2) is 9.97 Å². The van der Waals surface area contributed by atoms with Crippen molar-refractivity contribution in [2.45, 2.75) is 13.3 Å². The molecular formula is C8H8N2S. The zero-order valence-corrected chi connectivity index (χ0v) is 7.06. The summed E-state index contributed by atoms with van der Waals surface area (Å²) in [5.74, 6) is 0. The van der Waals surface area contributed by atoms with Crippen LogP contribution in [0, 0.1) is 0 Å². The van der Waals surface area contributed by atoms with E-state index in [1.54, 1.807) is 11.3 Å². The van der Waals surface area contributed by atoms with Crippen LogP contribution in [0.2, 0.25) is 0 Å². The van der Waals surface area contributed by atoms with Gasteiger partial charge < -0.3 is 0 Å². The fraction of sp³-hybridized carbons (Fsp3) is 0.250. The molecule has 0 amide bonds. The molecule has 2 heterocycles. The first-order valence-electron chi connectivity index (χ1n) is 3.58. The van der Waals surface area contributed by atoms with Gasteiger partial charge in [-0.1, -0.05) is 6.92 Å². The van der Waals surface area contributed by atoms with Crippen molar-refractivity contribution in [1.82, 2.24) is 9.97 Å². The number of hydrogen-bond acceptors (Lipinski definition) is 3. The second-order valence-electron chi connectivity index (χ2n) is 2.37. The van der Waals surface area contributed by atoms with Crippen LogP contribution in [0.3, 0.4) is 0 Å². The minimum Gasteiger partial charge on any atom is -0.236 e. The number of hydrogen-bond donors (Lipinski definition) is 0. The van der Waals surface area contributed by atoms with E-state index in [-0.39, 0.29) is 0 Å². The first-order valence-corrected chi connectivity index (χ1v) is 4.46. The van der Waals surface area contributed by atoms with Crippen LogP contribution >= 0.6 is 11.3 Å². The second kappa shape index (κ2) is 2.58. The van der Waals surface area contributed by atoms with Crippen LogP contribution in [0.5, 0.6) is 0 Å². The van der Waals surface area contributed by atoms with Gasteiger partial charge >= 0.3 is 0 Å². The minimum absolute atomic E-state index is 0.868. The van der Waals surface area contributed by atoms with Crippen molar-refractivity contribution < 1.29 is 0 Å². The van der Waals surface area contributed by atoms with Crippen LogP contribution in [-0.2, 0) is 6.42 Å². The van der Waals surface area contributed by atoms with Crippen LogP contribution < -0.4 is 0 Å². The summed E-state index contributed by atoms with van der Waals surface area (Å²) in [5.41, 5.74) is 3.98. The molecule has 2 aromatic rings. The lowest BCUT2D eigenvalue weighted by molar-refractivity contribution is 1.12. The van der Waals surface area contributed by atoms with Crippen LogP contribution in [0.1, 0.15) is 12.5 Å². The molecule has 2 nitrogen and oxygen atoms in total. The van der Waals surface area contributed by atoms with E-state index < -0.39 is 0 Å². The molecule has 0 unspecified atom stereocenters. The van der Waals surface area contributed by atoms with E-state index in [0.29, 0.717) is 0 Å². The summed E-state index contributed by atoms with van der Waals surface area (Å²) in [6.07, 6.45) is 2.93. The van der Waals surface area contributed by atoms with Gasteiger partial charge in [-0.25, -0.2) is 9.97 Å². The van der Waals surface area contributed by atoms with Crippen molar-refractivity contribution in [3.05, 3.63) is 23.3 Å². The Hall–Kier alpha value is -0.960. The summed E-state index contributed by atoms with van der Waals surface area (Å²) in [6.45, 7) is 2.13. The highest BCUT2D eigenvalue weighted by Gasteiger charge is 1.97. The Morgan fingerprint density at radius 3 is 3.18 bits per heavy atom. The average Bonchev–Trinajstić information content (AvgIpc) is 2.50. The lowest BCUT2D eigenvalue weighted by Gasteiger charge is -1.92. The molecule has 0 aliphatic rings. The zero-order chi connectivity index (χ0) is 7.68. The van der Waals surface area contributed by atoms with E-state index >= 15 is 0 Å². The number of fused-ring (bicyclic) bond motifs is 1. The van der Waals surface area contributed by atoms with Crippen molar-refractivity contribution >= 4 is 21.7 Å². The average molecular weight is 164 g/mol. The fourth-order valence-corrected chi connectivity index (χ4v) is 1.68. The third-order valence-electron chi connectivity index (χ3n) is 1.65. The number of aromatic nitrogens is 2. The monoisotopic (exact) mass is 164 g/mol. The molecular weight excluding hydrogens is 156 g/mol. The van der Waals surface area contributed by atoms with Gasteiger partial charge in [0.15, 0.2) is 5.65 Å². The summed E-state index contributed by atoms with van der Waals surface area (Å²) >= 11 is 1.64. The molecule has 0 saturated heterocycles. The van der Waals surface area contributed by atoms with Gasteiger partial charge in [0, 0.05) is 6.20 Å². The van der Waals surface area contributed by atoms with Crippen molar-refractivity contribution in [3.8, 4) is 0 Å². The summed E-state index contributed by atoms with van der Waals surface area (Å²) < 4.78 is 1.18. The van der Waals surface area contributed by atoms with E-state index in [2.05, 4.69) is 23.0 Å². The van der Waals surface area contributed by atoms with Gasteiger partial charge in [-0.05, 0) is 18.1 Å². The van der Waals surface area contributed by atoms with Gasteiger partial charge in [-0.15, -0.1) is 11.3 Å². The SMILES string of the molecule is CCc1cnc2ncsc2c1. The maximum Gasteiger partial charge on any atom is 0.170 e. The van der Waals surface area contributed by atoms with Crippen LogP contribution in [0.15, 0.2) is 17.8 Å². The predicted molar refractivity (Wildman–Crippen MR) is 46.8 cm³/mol. The first-order chi connectivity index (χ1) is 5.40. The molecule has 0 aliphatic heterocycles. The third kappa shape index (κ3) is 1.12. The molecule has 56 valence electrons. The van der Waals surface area contributed by atoms with Gasteiger partial charge in [-0.2, -0.15) is 0 Å². The van der Waals surface area contributed by atoms with E-state index in [0.717, 1.165) is 12.1 Å². The van der Waals surface area contributed by atoms with Crippen LogP contribution in [0.4, 0.5) is 0 Å². The van der Waals surface area contributed by atoms with Gasteiger partial charge in [0.2, 0.25) is 0 Å². The highest BCUT2D eigenvalue weighted by molar-refractivity contribution is 7.16. The molecule has 0 fully saturated rings. The Balaban J connectivity index is 2.67. The van der Waals surface area contributed by atoms with Gasteiger partial charge in [0.25, 0.3) is 0 Å². The summed E-state index contributed by atoms with van der Waals surface area (Å²) in [7, 11) is 0. The Labute approximate surface area is 68.9 Å². The van der Waals surface area contributed by atoms with Crippen molar-refractivity contribution in [2.75, 3.05) is 0 Å². The van der Waals surface area contributed by atoms with E-state index in [1.165, 1.54) is 10.3 Å². The maximum atomic E-state index is 4.21. The first kappa shape index (κ1) is 6.73. The number of pyridine rings is 1. The summed E-state index contributed by atoms with van der Waals surface area (Å²) in [5, 5.41) is 0. The highest BCUT2D eigenvalue weighted by atomic mass is 32.1. The molecule has 0 bridgehead atoms. The molecule has 2 rings (SSSR count). The maximum absolute atomic E-state index is 4.21. The molecule has 2 aromatic heterocycles. The minimum atomic E-state index is 0.868. The molecule has 0 saturated carbocycles. The number of rotatable bonds is 1. The molecule has 0 atom stereocenters. The highest BCUT2D eigenvalue weighted by Crippen LogP contribution is 2.16. The largest absolute Gasteiger partial charge is 0.236 e. The Morgan fingerprint density at radius 1 is 1.45 bits per heavy atom. The zero-order valence-electron chi connectivity index (χ0n) is 6.24. The normalized spacial score (nSPS) is 10.6. The standard InChI is InChI=1S/C8H8N2S/c1-2-6-3-7-8(9-4-6)10-5-11-7/h3-5H,2H2,1H3. The Kier molecular flexibility index (Phi) is 1.58. The molecule has 11 heavy (non-hydrogen) atoms. The topological polar surface area (TPSA) is 25.8 Å². The lowest BCUT2D eigenvalue weighted by atomic mass is 10.2. The molecule has 0 aliphatic carbocycles. The fourth-order valence-electron chi connectivity index (χ4n) is 0.988. The van der Waals surface area contributed by atoms with Gasteiger partial charge in [0.05, 0.1) is 10.2 Å². The second-order valence-corrected chi connectivity index (χ2v) is 3.26. The quantitative estimate of drug-likeness (QED) is 0.646. The summed E-state index contributed by atoms with van der Waals surface area (Å²) in [6, 6.07) is 2.15. The van der Waals surface area contributed by atoms with Gasteiger partial charge in [-0.3, -0.25) is 0 Å². The van der Waals surface area contributed by atoms with E-state index in [1.807, 2.05) is 11.7 Å². The Bertz CT molecular complexity index is 367. The molecule has 0 spiro atoms.